The van der Waals surface area contributed by atoms with E-state index in [9.17, 15) is 4.39 Å². The smallest absolute Gasteiger partial charge is 0.0931 e. The molecule has 0 saturated heterocycles. The van der Waals surface area contributed by atoms with Crippen LogP contribution in [0.25, 0.3) is 0 Å². The van der Waals surface area contributed by atoms with Crippen LogP contribution in [0.4, 0.5) is 4.39 Å². The summed E-state index contributed by atoms with van der Waals surface area (Å²) in [5, 5.41) is 0. The Morgan fingerprint density at radius 3 is 2.18 bits per heavy atom. The van der Waals surface area contributed by atoms with E-state index in [1.165, 1.54) is 16.7 Å². The fourth-order valence-corrected chi connectivity index (χ4v) is 2.10. The van der Waals surface area contributed by atoms with E-state index in [-0.39, 0.29) is 6.67 Å². The lowest BCUT2D eigenvalue weighted by molar-refractivity contribution is 0.492. The molecule has 0 saturated carbocycles. The molecule has 0 bridgehead atoms. The standard InChI is InChI=1S/C16H21F/c1-12(5-6-17)7-13(2)9-16-10-14(3)8-15(4)11-16/h8,10-11H,1-2,5-7,9H2,3-4H3. The van der Waals surface area contributed by atoms with Crippen LogP contribution in [0.5, 0.6) is 0 Å². The zero-order valence-corrected chi connectivity index (χ0v) is 10.9. The average molecular weight is 232 g/mol. The summed E-state index contributed by atoms with van der Waals surface area (Å²) in [7, 11) is 0. The van der Waals surface area contributed by atoms with E-state index < -0.39 is 0 Å². The number of aryl methyl sites for hydroxylation is 2. The second kappa shape index (κ2) is 6.39. The fourth-order valence-electron chi connectivity index (χ4n) is 2.10. The van der Waals surface area contributed by atoms with Crippen LogP contribution in [0, 0.1) is 13.8 Å². The molecule has 1 aromatic rings. The first-order valence-corrected chi connectivity index (χ1v) is 5.97. The van der Waals surface area contributed by atoms with Gasteiger partial charge in [-0.1, -0.05) is 53.6 Å². The average Bonchev–Trinajstić information content (AvgIpc) is 2.14. The monoisotopic (exact) mass is 232 g/mol. The third kappa shape index (κ3) is 4.99. The van der Waals surface area contributed by atoms with Gasteiger partial charge in [-0.15, -0.1) is 0 Å². The molecule has 92 valence electrons. The number of rotatable bonds is 6. The molecule has 0 amide bonds. The quantitative estimate of drug-likeness (QED) is 0.623. The Balaban J connectivity index is 2.59. The van der Waals surface area contributed by atoms with Crippen LogP contribution in [0.15, 0.2) is 42.5 Å². The molecule has 0 unspecified atom stereocenters. The van der Waals surface area contributed by atoms with Crippen LogP contribution >= 0.6 is 0 Å². The van der Waals surface area contributed by atoms with Crippen LogP contribution in [-0.2, 0) is 6.42 Å². The van der Waals surface area contributed by atoms with Crippen LogP contribution in [0.2, 0.25) is 0 Å². The normalized spacial score (nSPS) is 10.3. The van der Waals surface area contributed by atoms with Gasteiger partial charge in [0.05, 0.1) is 6.67 Å². The number of benzene rings is 1. The Kier molecular flexibility index (Phi) is 5.14. The highest BCUT2D eigenvalue weighted by atomic mass is 19.1. The van der Waals surface area contributed by atoms with E-state index in [1.54, 1.807) is 0 Å². The summed E-state index contributed by atoms with van der Waals surface area (Å²) >= 11 is 0. The predicted octanol–water partition coefficient (Wildman–Crippen LogP) is 4.71. The number of halogens is 1. The van der Waals surface area contributed by atoms with Crippen LogP contribution < -0.4 is 0 Å². The minimum Gasteiger partial charge on any atom is -0.251 e. The maximum absolute atomic E-state index is 12.1. The molecule has 0 fully saturated rings. The lowest BCUT2D eigenvalue weighted by atomic mass is 9.97. The van der Waals surface area contributed by atoms with Crippen molar-refractivity contribution in [2.75, 3.05) is 6.67 Å². The van der Waals surface area contributed by atoms with E-state index in [2.05, 4.69) is 45.2 Å². The van der Waals surface area contributed by atoms with Crippen molar-refractivity contribution in [2.45, 2.75) is 33.1 Å². The van der Waals surface area contributed by atoms with Crippen molar-refractivity contribution in [1.82, 2.24) is 0 Å². The largest absolute Gasteiger partial charge is 0.251 e. The highest BCUT2D eigenvalue weighted by Gasteiger charge is 2.02. The summed E-state index contributed by atoms with van der Waals surface area (Å²) in [5.41, 5.74) is 5.86. The van der Waals surface area contributed by atoms with Gasteiger partial charge in [-0.25, -0.2) is 0 Å². The summed E-state index contributed by atoms with van der Waals surface area (Å²) < 4.78 is 12.1. The third-order valence-corrected chi connectivity index (χ3v) is 2.68. The molecule has 0 atom stereocenters. The Labute approximate surface area is 104 Å². The minimum absolute atomic E-state index is 0.324. The minimum atomic E-state index is -0.324. The number of alkyl halides is 1. The van der Waals surface area contributed by atoms with Gasteiger partial charge < -0.3 is 0 Å². The van der Waals surface area contributed by atoms with Gasteiger partial charge in [0.15, 0.2) is 0 Å². The molecule has 1 heteroatoms. The van der Waals surface area contributed by atoms with Gasteiger partial charge >= 0.3 is 0 Å². The first-order chi connectivity index (χ1) is 8.01. The molecule has 0 aliphatic rings. The van der Waals surface area contributed by atoms with Crippen molar-refractivity contribution in [1.29, 1.82) is 0 Å². The van der Waals surface area contributed by atoms with Gasteiger partial charge in [-0.05, 0) is 38.7 Å². The summed E-state index contributed by atoms with van der Waals surface area (Å²) in [6.07, 6.45) is 2.04. The van der Waals surface area contributed by atoms with Crippen molar-refractivity contribution < 1.29 is 4.39 Å². The molecule has 0 aliphatic heterocycles. The van der Waals surface area contributed by atoms with Gasteiger partial charge in [-0.2, -0.15) is 0 Å². The van der Waals surface area contributed by atoms with Crippen molar-refractivity contribution in [3.05, 3.63) is 59.2 Å². The molecule has 0 N–H and O–H groups in total. The first kappa shape index (κ1) is 13.7. The Morgan fingerprint density at radius 2 is 1.65 bits per heavy atom. The highest BCUT2D eigenvalue weighted by molar-refractivity contribution is 5.31. The van der Waals surface area contributed by atoms with Gasteiger partial charge in [0.2, 0.25) is 0 Å². The van der Waals surface area contributed by atoms with E-state index in [0.29, 0.717) is 6.42 Å². The molecule has 0 aliphatic carbocycles. The molecule has 0 radical (unpaired) electrons. The highest BCUT2D eigenvalue weighted by Crippen LogP contribution is 2.18. The Hall–Kier alpha value is -1.37. The third-order valence-electron chi connectivity index (χ3n) is 2.68. The SMILES string of the molecule is C=C(CCF)CC(=C)Cc1cc(C)cc(C)c1. The maximum Gasteiger partial charge on any atom is 0.0931 e. The second-order valence-electron chi connectivity index (χ2n) is 4.79. The zero-order valence-electron chi connectivity index (χ0n) is 10.9. The van der Waals surface area contributed by atoms with Crippen molar-refractivity contribution >= 4 is 0 Å². The summed E-state index contributed by atoms with van der Waals surface area (Å²) in [6.45, 7) is 11.8. The molecule has 0 nitrogen and oxygen atoms in total. The lowest BCUT2D eigenvalue weighted by Crippen LogP contribution is -1.94. The van der Waals surface area contributed by atoms with Crippen LogP contribution in [0.1, 0.15) is 29.5 Å². The van der Waals surface area contributed by atoms with E-state index in [4.69, 9.17) is 0 Å². The molecule has 0 aromatic heterocycles. The molecular weight excluding hydrogens is 211 g/mol. The summed E-state index contributed by atoms with van der Waals surface area (Å²) in [5.74, 6) is 0. The van der Waals surface area contributed by atoms with Crippen molar-refractivity contribution in [2.24, 2.45) is 0 Å². The Morgan fingerprint density at radius 1 is 1.06 bits per heavy atom. The zero-order chi connectivity index (χ0) is 12.8. The van der Waals surface area contributed by atoms with Crippen molar-refractivity contribution in [3.63, 3.8) is 0 Å². The molecule has 1 aromatic carbocycles. The number of hydrogen-bond donors (Lipinski definition) is 0. The van der Waals surface area contributed by atoms with E-state index in [1.807, 2.05) is 0 Å². The van der Waals surface area contributed by atoms with Crippen LogP contribution in [0.3, 0.4) is 0 Å². The summed E-state index contributed by atoms with van der Waals surface area (Å²) in [4.78, 5) is 0. The molecular formula is C16H21F. The summed E-state index contributed by atoms with van der Waals surface area (Å²) in [6, 6.07) is 6.51. The molecule has 0 spiro atoms. The molecule has 17 heavy (non-hydrogen) atoms. The first-order valence-electron chi connectivity index (χ1n) is 5.97. The number of allylic oxidation sites excluding steroid dienone is 2. The van der Waals surface area contributed by atoms with Crippen molar-refractivity contribution in [3.8, 4) is 0 Å². The van der Waals surface area contributed by atoms with E-state index >= 15 is 0 Å². The van der Waals surface area contributed by atoms with E-state index in [0.717, 1.165) is 24.0 Å². The molecule has 1 rings (SSSR count). The predicted molar refractivity (Wildman–Crippen MR) is 73.1 cm³/mol. The Bertz CT molecular complexity index is 395. The van der Waals surface area contributed by atoms with Gasteiger partial charge in [0, 0.05) is 0 Å². The van der Waals surface area contributed by atoms with Gasteiger partial charge in [0.1, 0.15) is 0 Å². The van der Waals surface area contributed by atoms with Gasteiger partial charge in [-0.3, -0.25) is 4.39 Å². The topological polar surface area (TPSA) is 0 Å². The fraction of sp³-hybridized carbons (Fsp3) is 0.375. The lowest BCUT2D eigenvalue weighted by Gasteiger charge is -2.09. The number of hydrogen-bond acceptors (Lipinski definition) is 0. The maximum atomic E-state index is 12.1. The molecule has 0 heterocycles. The second-order valence-corrected chi connectivity index (χ2v) is 4.79. The van der Waals surface area contributed by atoms with Gasteiger partial charge in [0.25, 0.3) is 0 Å². The van der Waals surface area contributed by atoms with Crippen LogP contribution in [-0.4, -0.2) is 6.67 Å².